The zero-order valence-corrected chi connectivity index (χ0v) is 12.7. The number of likely N-dealkylation sites (tertiary alicyclic amines) is 1. The van der Waals surface area contributed by atoms with E-state index in [4.69, 9.17) is 17.3 Å². The van der Waals surface area contributed by atoms with Crippen LogP contribution in [0.1, 0.15) is 31.2 Å². The number of nitrogens with two attached hydrogens (primary N) is 1. The van der Waals surface area contributed by atoms with Gasteiger partial charge in [0.2, 0.25) is 0 Å². The number of nitrogens with zero attached hydrogens (tertiary/aromatic N) is 1. The molecule has 3 N–H and O–H groups in total. The van der Waals surface area contributed by atoms with Gasteiger partial charge in [-0.15, -0.1) is 0 Å². The van der Waals surface area contributed by atoms with E-state index in [-0.39, 0.29) is 12.6 Å². The molecule has 0 unspecified atom stereocenters. The normalized spacial score (nSPS) is 14.9. The van der Waals surface area contributed by atoms with Gasteiger partial charge in [-0.1, -0.05) is 36.3 Å². The van der Waals surface area contributed by atoms with Crippen molar-refractivity contribution in [2.45, 2.75) is 25.7 Å². The van der Waals surface area contributed by atoms with Crippen molar-refractivity contribution < 1.29 is 4.79 Å². The van der Waals surface area contributed by atoms with Gasteiger partial charge in [-0.2, -0.15) is 0 Å². The zero-order chi connectivity index (χ0) is 15.1. The zero-order valence-electron chi connectivity index (χ0n) is 12.0. The molecule has 0 saturated carbocycles. The Kier molecular flexibility index (Phi) is 5.91. The minimum atomic E-state index is -0.0880. The van der Waals surface area contributed by atoms with Gasteiger partial charge in [-0.25, -0.2) is 4.79 Å². The first-order valence-corrected chi connectivity index (χ1v) is 7.63. The topological polar surface area (TPSA) is 58.4 Å². The quantitative estimate of drug-likeness (QED) is 0.783. The van der Waals surface area contributed by atoms with E-state index in [1.807, 2.05) is 4.90 Å². The monoisotopic (exact) mass is 305 g/mol. The number of carbonyl (C=O) groups is 1. The molecule has 1 aliphatic heterocycles. The molecule has 1 aliphatic rings. The van der Waals surface area contributed by atoms with E-state index in [9.17, 15) is 4.79 Å². The molecule has 1 aromatic carbocycles. The Morgan fingerprint density at radius 1 is 1.29 bits per heavy atom. The second kappa shape index (κ2) is 7.92. The van der Waals surface area contributed by atoms with Crippen LogP contribution in [0.2, 0.25) is 5.02 Å². The van der Waals surface area contributed by atoms with Crippen LogP contribution in [0, 0.1) is 11.8 Å². The summed E-state index contributed by atoms with van der Waals surface area (Å²) in [5.74, 6) is 5.75. The van der Waals surface area contributed by atoms with Crippen LogP contribution in [0.4, 0.5) is 10.5 Å². The van der Waals surface area contributed by atoms with Crippen LogP contribution in [0.15, 0.2) is 18.2 Å². The molecule has 1 aromatic rings. The molecule has 1 saturated heterocycles. The first-order valence-electron chi connectivity index (χ1n) is 7.25. The molecule has 0 bridgehead atoms. The Morgan fingerprint density at radius 2 is 2.00 bits per heavy atom. The van der Waals surface area contributed by atoms with Crippen LogP contribution in [-0.4, -0.2) is 30.6 Å². The lowest BCUT2D eigenvalue weighted by Crippen LogP contribution is -2.35. The van der Waals surface area contributed by atoms with E-state index in [1.165, 1.54) is 12.8 Å². The fourth-order valence-corrected chi connectivity index (χ4v) is 2.52. The van der Waals surface area contributed by atoms with Crippen LogP contribution >= 0.6 is 11.6 Å². The third kappa shape index (κ3) is 4.66. The summed E-state index contributed by atoms with van der Waals surface area (Å²) in [6.45, 7) is 1.88. The maximum Gasteiger partial charge on any atom is 0.321 e. The van der Waals surface area contributed by atoms with Gasteiger partial charge in [0.25, 0.3) is 0 Å². The lowest BCUT2D eigenvalue weighted by atomic mass is 10.2. The first-order chi connectivity index (χ1) is 10.2. The smallest absolute Gasteiger partial charge is 0.321 e. The summed E-state index contributed by atoms with van der Waals surface area (Å²) in [6, 6.07) is 5.18. The number of amides is 2. The summed E-state index contributed by atoms with van der Waals surface area (Å²) in [5.41, 5.74) is 6.76. The van der Waals surface area contributed by atoms with Crippen molar-refractivity contribution in [3.05, 3.63) is 28.8 Å². The highest BCUT2D eigenvalue weighted by molar-refractivity contribution is 6.31. The van der Waals surface area contributed by atoms with E-state index >= 15 is 0 Å². The number of carbonyl (C=O) groups excluding carboxylic acids is 1. The summed E-state index contributed by atoms with van der Waals surface area (Å²) in [6.07, 6.45) is 4.49. The molecule has 0 spiro atoms. The molecular formula is C16H20ClN3O. The predicted octanol–water partition coefficient (Wildman–Crippen LogP) is 3.06. The fraction of sp³-hybridized carbons (Fsp3) is 0.438. The number of urea groups is 1. The van der Waals surface area contributed by atoms with Crippen molar-refractivity contribution in [2.75, 3.05) is 25.0 Å². The molecule has 4 nitrogen and oxygen atoms in total. The van der Waals surface area contributed by atoms with Gasteiger partial charge < -0.3 is 16.0 Å². The number of halogens is 1. The summed E-state index contributed by atoms with van der Waals surface area (Å²) in [7, 11) is 0. The minimum absolute atomic E-state index is 0.0880. The van der Waals surface area contributed by atoms with E-state index < -0.39 is 0 Å². The molecule has 0 atom stereocenters. The highest BCUT2D eigenvalue weighted by Gasteiger charge is 2.16. The number of benzene rings is 1. The number of nitrogens with one attached hydrogen (secondary N) is 1. The van der Waals surface area contributed by atoms with Gasteiger partial charge in [-0.3, -0.25) is 0 Å². The van der Waals surface area contributed by atoms with E-state index in [0.717, 1.165) is 31.5 Å². The van der Waals surface area contributed by atoms with Gasteiger partial charge in [-0.05, 0) is 31.0 Å². The molecule has 0 aromatic heterocycles. The molecule has 5 heteroatoms. The van der Waals surface area contributed by atoms with Crippen LogP contribution in [0.3, 0.4) is 0 Å². The van der Waals surface area contributed by atoms with Gasteiger partial charge in [0.15, 0.2) is 0 Å². The van der Waals surface area contributed by atoms with Gasteiger partial charge >= 0.3 is 6.03 Å². The summed E-state index contributed by atoms with van der Waals surface area (Å²) >= 11 is 6.01. The highest BCUT2D eigenvalue weighted by atomic mass is 35.5. The number of anilines is 1. The third-order valence-corrected chi connectivity index (χ3v) is 3.68. The summed E-state index contributed by atoms with van der Waals surface area (Å²) in [5, 5.41) is 3.49. The lowest BCUT2D eigenvalue weighted by Gasteiger charge is -2.21. The molecule has 2 rings (SSSR count). The van der Waals surface area contributed by atoms with Crippen molar-refractivity contribution in [1.29, 1.82) is 0 Å². The molecule has 21 heavy (non-hydrogen) atoms. The van der Waals surface area contributed by atoms with Crippen LogP contribution in [0.5, 0.6) is 0 Å². The Balaban J connectivity index is 2.13. The van der Waals surface area contributed by atoms with Gasteiger partial charge in [0, 0.05) is 23.7 Å². The molecule has 1 heterocycles. The van der Waals surface area contributed by atoms with Crippen LogP contribution < -0.4 is 11.1 Å². The molecular weight excluding hydrogens is 286 g/mol. The largest absolute Gasteiger partial charge is 0.325 e. The maximum absolute atomic E-state index is 12.4. The predicted molar refractivity (Wildman–Crippen MR) is 86.4 cm³/mol. The van der Waals surface area contributed by atoms with Gasteiger partial charge in [0.05, 0.1) is 12.2 Å². The Labute approximate surface area is 130 Å². The van der Waals surface area contributed by atoms with E-state index in [1.54, 1.807) is 18.2 Å². The number of hydrogen-bond donors (Lipinski definition) is 2. The fourth-order valence-electron chi connectivity index (χ4n) is 2.34. The molecule has 2 amide bonds. The van der Waals surface area contributed by atoms with Crippen LogP contribution in [-0.2, 0) is 0 Å². The van der Waals surface area contributed by atoms with Crippen molar-refractivity contribution in [1.82, 2.24) is 4.90 Å². The van der Waals surface area contributed by atoms with E-state index in [0.29, 0.717) is 10.7 Å². The molecule has 1 fully saturated rings. The second-order valence-electron chi connectivity index (χ2n) is 5.03. The first kappa shape index (κ1) is 15.7. The van der Waals surface area contributed by atoms with Gasteiger partial charge in [0.1, 0.15) is 0 Å². The highest BCUT2D eigenvalue weighted by Crippen LogP contribution is 2.21. The SMILES string of the molecule is NCC#Cc1ccc(Cl)cc1NC(=O)N1CCCCCC1. The minimum Gasteiger partial charge on any atom is -0.325 e. The number of rotatable bonds is 1. The van der Waals surface area contributed by atoms with Crippen molar-refractivity contribution in [3.8, 4) is 11.8 Å². The van der Waals surface area contributed by atoms with Crippen molar-refractivity contribution in [3.63, 3.8) is 0 Å². The molecule has 0 radical (unpaired) electrons. The maximum atomic E-state index is 12.4. The van der Waals surface area contributed by atoms with Crippen molar-refractivity contribution in [2.24, 2.45) is 5.73 Å². The summed E-state index contributed by atoms with van der Waals surface area (Å²) < 4.78 is 0. The Morgan fingerprint density at radius 3 is 2.67 bits per heavy atom. The van der Waals surface area contributed by atoms with Crippen LogP contribution in [0.25, 0.3) is 0 Å². The third-order valence-electron chi connectivity index (χ3n) is 3.44. The standard InChI is InChI=1S/C16H20ClN3O/c17-14-8-7-13(6-5-9-18)15(12-14)19-16(21)20-10-3-1-2-4-11-20/h7-8,12H,1-4,9-11,18H2,(H,19,21). The number of hydrogen-bond acceptors (Lipinski definition) is 2. The lowest BCUT2D eigenvalue weighted by molar-refractivity contribution is 0.214. The van der Waals surface area contributed by atoms with E-state index in [2.05, 4.69) is 17.2 Å². The van der Waals surface area contributed by atoms with Crippen molar-refractivity contribution >= 4 is 23.3 Å². The molecule has 112 valence electrons. The Bertz CT molecular complexity index is 554. The second-order valence-corrected chi connectivity index (χ2v) is 5.46. The Hall–Kier alpha value is -1.70. The average Bonchev–Trinajstić information content (AvgIpc) is 2.75. The average molecular weight is 306 g/mol. The summed E-state index contributed by atoms with van der Waals surface area (Å²) in [4.78, 5) is 14.2. The molecule has 0 aliphatic carbocycles.